The van der Waals surface area contributed by atoms with Crippen molar-refractivity contribution in [1.29, 1.82) is 0 Å². The number of piperidine rings is 1. The van der Waals surface area contributed by atoms with Crippen molar-refractivity contribution in [2.45, 2.75) is 46.6 Å². The predicted octanol–water partition coefficient (Wildman–Crippen LogP) is 2.62. The van der Waals surface area contributed by atoms with Gasteiger partial charge in [-0.2, -0.15) is 0 Å². The van der Waals surface area contributed by atoms with Crippen LogP contribution in [-0.4, -0.2) is 45.8 Å². The Morgan fingerprint density at radius 2 is 1.69 bits per heavy atom. The highest BCUT2D eigenvalue weighted by atomic mass is 16.2. The van der Waals surface area contributed by atoms with E-state index in [0.717, 1.165) is 35.3 Å². The second kappa shape index (κ2) is 7.40. The Morgan fingerprint density at radius 1 is 1.08 bits per heavy atom. The minimum atomic E-state index is -0.0967. The number of likely N-dealkylation sites (tertiary alicyclic amines) is 1. The fourth-order valence-electron chi connectivity index (χ4n) is 3.25. The first-order chi connectivity index (χ1) is 12.3. The molecule has 0 spiro atoms. The van der Waals surface area contributed by atoms with E-state index in [1.165, 1.54) is 0 Å². The van der Waals surface area contributed by atoms with Crippen molar-refractivity contribution in [3.63, 3.8) is 0 Å². The number of rotatable bonds is 3. The number of carbonyl (C=O) groups is 2. The largest absolute Gasteiger partial charge is 0.349 e. The Hall–Kier alpha value is -2.50. The summed E-state index contributed by atoms with van der Waals surface area (Å²) in [6.07, 6.45) is 1.58. The maximum absolute atomic E-state index is 12.6. The lowest BCUT2D eigenvalue weighted by Gasteiger charge is -2.33. The fraction of sp³-hybridized carbons (Fsp3) is 0.500. The Labute approximate surface area is 154 Å². The summed E-state index contributed by atoms with van der Waals surface area (Å²) in [6.45, 7) is 9.08. The van der Waals surface area contributed by atoms with Gasteiger partial charge < -0.3 is 10.2 Å². The molecule has 0 bridgehead atoms. The standard InChI is InChI=1S/C20H26N4O2/c1-12(2)20(26)24-9-7-16(8-10-24)23-19(25)15-5-6-17-18(11-15)22-14(4)13(3)21-17/h5-6,11-12,16H,7-10H2,1-4H3,(H,23,25). The number of benzene rings is 1. The first-order valence-corrected chi connectivity index (χ1v) is 9.20. The molecule has 6 heteroatoms. The average Bonchev–Trinajstić information content (AvgIpc) is 2.62. The van der Waals surface area contributed by atoms with E-state index in [0.29, 0.717) is 18.7 Å². The van der Waals surface area contributed by atoms with Crippen LogP contribution in [0.3, 0.4) is 0 Å². The van der Waals surface area contributed by atoms with Crippen molar-refractivity contribution >= 4 is 22.8 Å². The van der Waals surface area contributed by atoms with Gasteiger partial charge in [0.2, 0.25) is 5.91 Å². The Balaban J connectivity index is 1.65. The molecule has 1 aromatic heterocycles. The molecule has 1 saturated heterocycles. The lowest BCUT2D eigenvalue weighted by atomic mass is 10.0. The summed E-state index contributed by atoms with van der Waals surface area (Å²) in [7, 11) is 0. The van der Waals surface area contributed by atoms with Crippen molar-refractivity contribution in [1.82, 2.24) is 20.2 Å². The topological polar surface area (TPSA) is 75.2 Å². The van der Waals surface area contributed by atoms with Gasteiger partial charge in [-0.3, -0.25) is 9.59 Å². The number of nitrogens with zero attached hydrogens (tertiary/aromatic N) is 3. The summed E-state index contributed by atoms with van der Waals surface area (Å²) in [6, 6.07) is 5.52. The Morgan fingerprint density at radius 3 is 2.31 bits per heavy atom. The molecule has 1 fully saturated rings. The van der Waals surface area contributed by atoms with Crippen LogP contribution in [0.4, 0.5) is 0 Å². The van der Waals surface area contributed by atoms with Crippen LogP contribution in [0.5, 0.6) is 0 Å². The van der Waals surface area contributed by atoms with E-state index in [2.05, 4.69) is 15.3 Å². The average molecular weight is 354 g/mol. The van der Waals surface area contributed by atoms with Crippen LogP contribution in [0.25, 0.3) is 11.0 Å². The van der Waals surface area contributed by atoms with Crippen LogP contribution in [0.2, 0.25) is 0 Å². The van der Waals surface area contributed by atoms with Crippen molar-refractivity contribution in [2.24, 2.45) is 5.92 Å². The van der Waals surface area contributed by atoms with Gasteiger partial charge in [0, 0.05) is 30.6 Å². The van der Waals surface area contributed by atoms with Crippen LogP contribution >= 0.6 is 0 Å². The number of hydrogen-bond acceptors (Lipinski definition) is 4. The van der Waals surface area contributed by atoms with Crippen LogP contribution < -0.4 is 5.32 Å². The number of nitrogens with one attached hydrogen (secondary N) is 1. The highest BCUT2D eigenvalue weighted by Crippen LogP contribution is 2.17. The molecule has 3 rings (SSSR count). The highest BCUT2D eigenvalue weighted by Gasteiger charge is 2.25. The van der Waals surface area contributed by atoms with Crippen LogP contribution in [0, 0.1) is 19.8 Å². The van der Waals surface area contributed by atoms with Gasteiger partial charge in [-0.05, 0) is 44.9 Å². The highest BCUT2D eigenvalue weighted by molar-refractivity contribution is 5.97. The lowest BCUT2D eigenvalue weighted by molar-refractivity contribution is -0.135. The summed E-state index contributed by atoms with van der Waals surface area (Å²) in [5, 5.41) is 3.09. The maximum atomic E-state index is 12.6. The SMILES string of the molecule is Cc1nc2ccc(C(=O)NC3CCN(C(=O)C(C)C)CC3)cc2nc1C. The van der Waals surface area contributed by atoms with E-state index in [9.17, 15) is 9.59 Å². The quantitative estimate of drug-likeness (QED) is 0.919. The minimum absolute atomic E-state index is 0.0203. The third kappa shape index (κ3) is 3.84. The normalized spacial score (nSPS) is 15.5. The molecule has 2 aromatic rings. The Bertz CT molecular complexity index is 839. The lowest BCUT2D eigenvalue weighted by Crippen LogP contribution is -2.47. The molecule has 1 aliphatic rings. The summed E-state index contributed by atoms with van der Waals surface area (Å²) < 4.78 is 0. The number of carbonyl (C=O) groups excluding carboxylic acids is 2. The molecule has 26 heavy (non-hydrogen) atoms. The fourth-order valence-corrected chi connectivity index (χ4v) is 3.25. The van der Waals surface area contributed by atoms with Gasteiger partial charge in [0.25, 0.3) is 5.91 Å². The van der Waals surface area contributed by atoms with E-state index in [-0.39, 0.29) is 23.8 Å². The minimum Gasteiger partial charge on any atom is -0.349 e. The zero-order valence-electron chi connectivity index (χ0n) is 15.9. The predicted molar refractivity (Wildman–Crippen MR) is 101 cm³/mol. The van der Waals surface area contributed by atoms with Gasteiger partial charge in [0.15, 0.2) is 0 Å². The van der Waals surface area contributed by atoms with E-state index in [1.807, 2.05) is 38.7 Å². The first kappa shape index (κ1) is 18.3. The molecule has 0 atom stereocenters. The summed E-state index contributed by atoms with van der Waals surface area (Å²) in [5.74, 6) is 0.112. The van der Waals surface area contributed by atoms with Crippen LogP contribution in [-0.2, 0) is 4.79 Å². The van der Waals surface area contributed by atoms with Crippen molar-refractivity contribution in [3.05, 3.63) is 35.2 Å². The number of fused-ring (bicyclic) bond motifs is 1. The second-order valence-electron chi connectivity index (χ2n) is 7.33. The monoisotopic (exact) mass is 354 g/mol. The van der Waals surface area contributed by atoms with Gasteiger partial charge in [-0.1, -0.05) is 13.8 Å². The molecule has 6 nitrogen and oxygen atoms in total. The molecule has 0 radical (unpaired) electrons. The summed E-state index contributed by atoms with van der Waals surface area (Å²) in [5.41, 5.74) is 3.90. The molecule has 0 aliphatic carbocycles. The van der Waals surface area contributed by atoms with Gasteiger partial charge in [0.05, 0.1) is 22.4 Å². The molecular formula is C20H26N4O2. The Kier molecular flexibility index (Phi) is 5.20. The molecule has 1 aromatic carbocycles. The molecule has 1 N–H and O–H groups in total. The summed E-state index contributed by atoms with van der Waals surface area (Å²) >= 11 is 0. The van der Waals surface area contributed by atoms with Gasteiger partial charge in [-0.15, -0.1) is 0 Å². The van der Waals surface area contributed by atoms with E-state index in [4.69, 9.17) is 0 Å². The zero-order chi connectivity index (χ0) is 18.8. The van der Waals surface area contributed by atoms with Crippen LogP contribution in [0.15, 0.2) is 18.2 Å². The van der Waals surface area contributed by atoms with E-state index >= 15 is 0 Å². The maximum Gasteiger partial charge on any atom is 0.251 e. The molecule has 2 amide bonds. The molecular weight excluding hydrogens is 328 g/mol. The number of amides is 2. The van der Waals surface area contributed by atoms with E-state index in [1.54, 1.807) is 12.1 Å². The van der Waals surface area contributed by atoms with Gasteiger partial charge in [-0.25, -0.2) is 9.97 Å². The van der Waals surface area contributed by atoms with Gasteiger partial charge >= 0.3 is 0 Å². The third-order valence-electron chi connectivity index (χ3n) is 4.97. The number of aryl methyl sites for hydroxylation is 2. The summed E-state index contributed by atoms with van der Waals surface area (Å²) in [4.78, 5) is 35.6. The van der Waals surface area contributed by atoms with Crippen molar-refractivity contribution in [2.75, 3.05) is 13.1 Å². The van der Waals surface area contributed by atoms with Crippen molar-refractivity contribution in [3.8, 4) is 0 Å². The second-order valence-corrected chi connectivity index (χ2v) is 7.33. The first-order valence-electron chi connectivity index (χ1n) is 9.20. The molecule has 0 unspecified atom stereocenters. The van der Waals surface area contributed by atoms with Crippen LogP contribution in [0.1, 0.15) is 48.4 Å². The van der Waals surface area contributed by atoms with Crippen molar-refractivity contribution < 1.29 is 9.59 Å². The van der Waals surface area contributed by atoms with E-state index < -0.39 is 0 Å². The number of aromatic nitrogens is 2. The van der Waals surface area contributed by atoms with Gasteiger partial charge in [0.1, 0.15) is 0 Å². The smallest absolute Gasteiger partial charge is 0.251 e. The molecule has 2 heterocycles. The number of hydrogen-bond donors (Lipinski definition) is 1. The molecule has 138 valence electrons. The molecule has 1 aliphatic heterocycles. The third-order valence-corrected chi connectivity index (χ3v) is 4.97. The molecule has 0 saturated carbocycles. The zero-order valence-corrected chi connectivity index (χ0v) is 15.9.